The summed E-state index contributed by atoms with van der Waals surface area (Å²) in [6, 6.07) is 5.98. The van der Waals surface area contributed by atoms with Gasteiger partial charge in [-0.2, -0.15) is 5.26 Å². The van der Waals surface area contributed by atoms with Crippen LogP contribution in [0.25, 0.3) is 10.9 Å². The van der Waals surface area contributed by atoms with Gasteiger partial charge in [0, 0.05) is 23.5 Å². The van der Waals surface area contributed by atoms with Crippen molar-refractivity contribution in [2.24, 2.45) is 0 Å². The number of alkyl halides is 2. The Labute approximate surface area is 150 Å². The molecule has 126 valence electrons. The van der Waals surface area contributed by atoms with E-state index in [1.165, 1.54) is 6.20 Å². The molecule has 2 N–H and O–H groups in total. The molecule has 1 fully saturated rings. The zero-order valence-electron chi connectivity index (χ0n) is 13.1. The minimum absolute atomic E-state index is 0.358. The smallest absolute Gasteiger partial charge is 0.268 e. The predicted molar refractivity (Wildman–Crippen MR) is 86.7 cm³/mol. The van der Waals surface area contributed by atoms with Crippen LogP contribution in [0.5, 0.6) is 0 Å². The van der Waals surface area contributed by atoms with Gasteiger partial charge >= 0.3 is 0 Å². The molecule has 2 heterocycles. The average Bonchev–Trinajstić information content (AvgIpc) is 3.11. The van der Waals surface area contributed by atoms with Crippen molar-refractivity contribution in [2.75, 3.05) is 13.1 Å². The number of nitriles is 1. The summed E-state index contributed by atoms with van der Waals surface area (Å²) >= 11 is 2.55. The van der Waals surface area contributed by atoms with Crippen LogP contribution in [0.3, 0.4) is 0 Å². The number of carbonyl (C=O) groups is 2. The third-order valence-electron chi connectivity index (χ3n) is 4.09. The van der Waals surface area contributed by atoms with Crippen molar-refractivity contribution >= 4 is 43.4 Å². The summed E-state index contributed by atoms with van der Waals surface area (Å²) in [5.74, 6) is -4.27. The van der Waals surface area contributed by atoms with Gasteiger partial charge in [0.05, 0.1) is 24.7 Å². The number of nitrogens with one attached hydrogen (secondary N) is 2. The molecule has 9 heteroatoms. The van der Waals surface area contributed by atoms with Crippen molar-refractivity contribution in [3.05, 3.63) is 30.0 Å². The maximum absolute atomic E-state index is 13.4. The number of likely N-dealkylation sites (tertiary alicyclic amines) is 1. The fourth-order valence-electron chi connectivity index (χ4n) is 2.88. The number of aromatic nitrogens is 1. The Morgan fingerprint density at radius 2 is 2.24 bits per heavy atom. The number of benzene rings is 1. The van der Waals surface area contributed by atoms with Gasteiger partial charge in [-0.25, -0.2) is 8.78 Å². The van der Waals surface area contributed by atoms with Gasteiger partial charge in [-0.3, -0.25) is 9.59 Å². The molecule has 3 rings (SSSR count). The van der Waals surface area contributed by atoms with E-state index in [4.69, 9.17) is 5.26 Å². The molecule has 1 aromatic heterocycles. The summed E-state index contributed by atoms with van der Waals surface area (Å²) in [6.07, 6.45) is 0.847. The standard InChI is InChI=1S/C16H13F2N4O2.Al/c17-16(18)5-10(6-19)22(9-16)14(23)8-21-15(24)12-7-20-13-4-2-1-3-11(12)13;/h1,3-4,7,10,20H,5,8-9H2,(H,21,24);/t10-;/m0./s1. The molecule has 0 spiro atoms. The molecule has 2 amide bonds. The second-order valence-electron chi connectivity index (χ2n) is 5.92. The minimum atomic E-state index is -3.08. The lowest BCUT2D eigenvalue weighted by atomic mass is 10.1. The number of aromatic amines is 1. The molecule has 0 bridgehead atoms. The highest BCUT2D eigenvalue weighted by atomic mass is 27.0. The van der Waals surface area contributed by atoms with Gasteiger partial charge in [-0.15, -0.1) is 4.43 Å². The Bertz CT molecular complexity index is 890. The van der Waals surface area contributed by atoms with Crippen LogP contribution in [-0.2, 0) is 4.79 Å². The van der Waals surface area contributed by atoms with E-state index in [1.54, 1.807) is 12.1 Å². The molecule has 6 nitrogen and oxygen atoms in total. The molecule has 2 radical (unpaired) electrons. The molecule has 0 aliphatic carbocycles. The first-order valence-electron chi connectivity index (χ1n) is 7.52. The minimum Gasteiger partial charge on any atom is -0.360 e. The van der Waals surface area contributed by atoms with E-state index in [2.05, 4.69) is 26.6 Å². The second kappa shape index (κ2) is 6.47. The average molecular weight is 358 g/mol. The van der Waals surface area contributed by atoms with Crippen LogP contribution in [-0.4, -0.2) is 63.0 Å². The van der Waals surface area contributed by atoms with E-state index in [0.717, 1.165) is 14.8 Å². The summed E-state index contributed by atoms with van der Waals surface area (Å²) in [4.78, 5) is 28.2. The van der Waals surface area contributed by atoms with Crippen LogP contribution in [0.4, 0.5) is 8.78 Å². The molecular weight excluding hydrogens is 345 g/mol. The molecular formula is C16H13AlF2N4O2. The van der Waals surface area contributed by atoms with Crippen LogP contribution >= 0.6 is 0 Å². The summed E-state index contributed by atoms with van der Waals surface area (Å²) in [5.41, 5.74) is 1.13. The summed E-state index contributed by atoms with van der Waals surface area (Å²) in [5, 5.41) is 12.0. The van der Waals surface area contributed by atoms with E-state index in [0.29, 0.717) is 10.9 Å². The lowest BCUT2D eigenvalue weighted by Crippen LogP contribution is -2.42. The molecule has 0 unspecified atom stereocenters. The van der Waals surface area contributed by atoms with Crippen molar-refractivity contribution in [1.82, 2.24) is 15.2 Å². The zero-order valence-corrected chi connectivity index (χ0v) is 14.2. The van der Waals surface area contributed by atoms with E-state index in [1.807, 2.05) is 12.1 Å². The number of nitrogens with zero attached hydrogens (tertiary/aromatic N) is 2. The third-order valence-corrected chi connectivity index (χ3v) is 4.45. The molecule has 0 saturated carbocycles. The van der Waals surface area contributed by atoms with Crippen molar-refractivity contribution in [3.8, 4) is 6.07 Å². The fraction of sp³-hybridized carbons (Fsp3) is 0.312. The largest absolute Gasteiger partial charge is 0.360 e. The van der Waals surface area contributed by atoms with Crippen LogP contribution in [0.1, 0.15) is 16.8 Å². The molecule has 2 aromatic rings. The third kappa shape index (κ3) is 3.51. The van der Waals surface area contributed by atoms with E-state index in [-0.39, 0.29) is 0 Å². The molecule has 1 aromatic carbocycles. The van der Waals surface area contributed by atoms with Gasteiger partial charge < -0.3 is 15.2 Å². The first-order valence-corrected chi connectivity index (χ1v) is 8.10. The maximum atomic E-state index is 13.4. The maximum Gasteiger partial charge on any atom is 0.268 e. The van der Waals surface area contributed by atoms with Gasteiger partial charge in [0.15, 0.2) is 16.3 Å². The van der Waals surface area contributed by atoms with Crippen molar-refractivity contribution in [3.63, 3.8) is 0 Å². The molecule has 1 aliphatic heterocycles. The Morgan fingerprint density at radius 3 is 2.96 bits per heavy atom. The van der Waals surface area contributed by atoms with Gasteiger partial charge in [-0.1, -0.05) is 18.2 Å². The highest BCUT2D eigenvalue weighted by Gasteiger charge is 2.47. The van der Waals surface area contributed by atoms with E-state index >= 15 is 0 Å². The van der Waals surface area contributed by atoms with Gasteiger partial charge in [0.25, 0.3) is 11.8 Å². The van der Waals surface area contributed by atoms with Crippen molar-refractivity contribution < 1.29 is 18.4 Å². The van der Waals surface area contributed by atoms with Gasteiger partial charge in [-0.05, 0) is 0 Å². The quantitative estimate of drug-likeness (QED) is 0.781. The van der Waals surface area contributed by atoms with Crippen molar-refractivity contribution in [1.29, 1.82) is 5.26 Å². The van der Waals surface area contributed by atoms with Crippen LogP contribution in [0.15, 0.2) is 24.4 Å². The number of hydrogen-bond donors (Lipinski definition) is 2. The Hall–Kier alpha value is -2.42. The number of halogens is 2. The highest BCUT2D eigenvalue weighted by molar-refractivity contribution is 6.33. The highest BCUT2D eigenvalue weighted by Crippen LogP contribution is 2.31. The van der Waals surface area contributed by atoms with E-state index < -0.39 is 43.3 Å². The summed E-state index contributed by atoms with van der Waals surface area (Å²) < 4.78 is 27.7. The molecule has 1 aliphatic rings. The topological polar surface area (TPSA) is 89.0 Å². The van der Waals surface area contributed by atoms with Crippen LogP contribution < -0.4 is 9.74 Å². The number of fused-ring (bicyclic) bond motifs is 1. The first-order chi connectivity index (χ1) is 11.8. The Balaban J connectivity index is 1.67. The van der Waals surface area contributed by atoms with Crippen LogP contribution in [0, 0.1) is 11.3 Å². The molecule has 25 heavy (non-hydrogen) atoms. The molecule has 1 saturated heterocycles. The van der Waals surface area contributed by atoms with Gasteiger partial charge in [0.1, 0.15) is 6.04 Å². The number of H-pyrrole nitrogens is 1. The monoisotopic (exact) mass is 358 g/mol. The van der Waals surface area contributed by atoms with E-state index in [9.17, 15) is 18.4 Å². The SMILES string of the molecule is N#C[C@@H]1CC(F)(F)CN1C(=O)CNC(=O)c1c[nH]c2c[c]([Al])ccc12. The number of rotatable bonds is 3. The Kier molecular flexibility index (Phi) is 4.51. The summed E-state index contributed by atoms with van der Waals surface area (Å²) in [6.45, 7) is -1.24. The number of hydrogen-bond acceptors (Lipinski definition) is 3. The van der Waals surface area contributed by atoms with Crippen LogP contribution in [0.2, 0.25) is 0 Å². The number of amides is 2. The number of carbonyl (C=O) groups excluding carboxylic acids is 2. The Morgan fingerprint density at radius 1 is 1.48 bits per heavy atom. The normalized spacial score (nSPS) is 18.9. The van der Waals surface area contributed by atoms with Gasteiger partial charge in [0.2, 0.25) is 5.91 Å². The first kappa shape index (κ1) is 17.4. The predicted octanol–water partition coefficient (Wildman–Crippen LogP) is 0.451. The van der Waals surface area contributed by atoms with Crippen molar-refractivity contribution in [2.45, 2.75) is 18.4 Å². The lowest BCUT2D eigenvalue weighted by molar-refractivity contribution is -0.131. The second-order valence-corrected chi connectivity index (χ2v) is 6.58. The molecule has 1 atom stereocenters. The fourth-order valence-corrected chi connectivity index (χ4v) is 3.14. The zero-order chi connectivity index (χ0) is 18.2. The summed E-state index contributed by atoms with van der Waals surface area (Å²) in [7, 11) is 0. The lowest BCUT2D eigenvalue weighted by Gasteiger charge is -2.19.